The van der Waals surface area contributed by atoms with Crippen molar-refractivity contribution in [3.8, 4) is 5.75 Å². The molecule has 130 valence electrons. The highest BCUT2D eigenvalue weighted by Crippen LogP contribution is 2.21. The van der Waals surface area contributed by atoms with Crippen molar-refractivity contribution in [2.24, 2.45) is 0 Å². The van der Waals surface area contributed by atoms with Gasteiger partial charge in [0.2, 0.25) is 0 Å². The minimum absolute atomic E-state index is 0.269. The number of thiophene rings is 1. The molecule has 0 atom stereocenters. The van der Waals surface area contributed by atoms with Crippen LogP contribution in [0.1, 0.15) is 5.56 Å². The third-order valence-electron chi connectivity index (χ3n) is 3.43. The summed E-state index contributed by atoms with van der Waals surface area (Å²) in [6.07, 6.45) is 1.48. The van der Waals surface area contributed by atoms with E-state index in [1.54, 1.807) is 36.8 Å². The molecular weight excluding hydrogens is 358 g/mol. The summed E-state index contributed by atoms with van der Waals surface area (Å²) in [5, 5.41) is 4.91. The molecule has 0 aliphatic carbocycles. The second-order valence-corrected chi connectivity index (χ2v) is 7.99. The molecule has 2 N–H and O–H groups in total. The van der Waals surface area contributed by atoms with Gasteiger partial charge < -0.3 is 10.1 Å². The molecule has 0 aliphatic heterocycles. The van der Waals surface area contributed by atoms with Crippen LogP contribution in [0, 0.1) is 0 Å². The highest BCUT2D eigenvalue weighted by atomic mass is 32.2. The predicted molar refractivity (Wildman–Crippen MR) is 99.7 cm³/mol. The van der Waals surface area contributed by atoms with E-state index >= 15 is 0 Å². The Hall–Kier alpha value is -2.58. The maximum Gasteiger partial charge on any atom is 0.271 e. The lowest BCUT2D eigenvalue weighted by Gasteiger charge is -2.10. The van der Waals surface area contributed by atoms with Gasteiger partial charge in [0.15, 0.2) is 0 Å². The van der Waals surface area contributed by atoms with Crippen molar-refractivity contribution in [3.05, 3.63) is 65.7 Å². The molecule has 0 fully saturated rings. The molecule has 3 aromatic rings. The second-order valence-electron chi connectivity index (χ2n) is 5.14. The zero-order chi connectivity index (χ0) is 17.7. The molecule has 0 spiro atoms. The van der Waals surface area contributed by atoms with Crippen LogP contribution in [0.3, 0.4) is 0 Å². The number of rotatable bonds is 7. The highest BCUT2D eigenvalue weighted by molar-refractivity contribution is 7.94. The smallest absolute Gasteiger partial charge is 0.271 e. The van der Waals surface area contributed by atoms with E-state index < -0.39 is 10.0 Å². The monoisotopic (exact) mass is 375 g/mol. The van der Waals surface area contributed by atoms with Gasteiger partial charge in [-0.05, 0) is 29.6 Å². The molecule has 2 heterocycles. The standard InChI is InChI=1S/C17H17N3O3S2/c1-23-15-6-3-2-5-13(15)11-18-16-9-8-14(12-19-16)20-25(21,22)17-7-4-10-24-17/h2-10,12,20H,11H2,1H3,(H,18,19). The number of sulfonamides is 1. The molecular formula is C17H17N3O3S2. The second kappa shape index (κ2) is 7.54. The lowest BCUT2D eigenvalue weighted by atomic mass is 10.2. The summed E-state index contributed by atoms with van der Waals surface area (Å²) in [5.74, 6) is 1.44. The number of aromatic nitrogens is 1. The van der Waals surface area contributed by atoms with E-state index in [9.17, 15) is 8.42 Å². The Balaban J connectivity index is 1.65. The Morgan fingerprint density at radius 1 is 1.12 bits per heavy atom. The molecule has 25 heavy (non-hydrogen) atoms. The maximum absolute atomic E-state index is 12.2. The van der Waals surface area contributed by atoms with E-state index in [0.717, 1.165) is 11.3 Å². The van der Waals surface area contributed by atoms with Crippen molar-refractivity contribution >= 4 is 32.9 Å². The molecule has 6 nitrogen and oxygen atoms in total. The van der Waals surface area contributed by atoms with Gasteiger partial charge in [0, 0.05) is 12.1 Å². The van der Waals surface area contributed by atoms with Crippen molar-refractivity contribution in [1.29, 1.82) is 0 Å². The van der Waals surface area contributed by atoms with Crippen LogP contribution in [0.25, 0.3) is 0 Å². The van der Waals surface area contributed by atoms with Crippen LogP contribution in [0.4, 0.5) is 11.5 Å². The Morgan fingerprint density at radius 2 is 1.96 bits per heavy atom. The lowest BCUT2D eigenvalue weighted by Crippen LogP contribution is -2.11. The third kappa shape index (κ3) is 4.28. The number of nitrogens with one attached hydrogen (secondary N) is 2. The SMILES string of the molecule is COc1ccccc1CNc1ccc(NS(=O)(=O)c2cccs2)cn1. The van der Waals surface area contributed by atoms with Crippen molar-refractivity contribution in [3.63, 3.8) is 0 Å². The predicted octanol–water partition coefficient (Wildman–Crippen LogP) is 3.56. The van der Waals surface area contributed by atoms with E-state index in [-0.39, 0.29) is 4.21 Å². The molecule has 0 amide bonds. The van der Waals surface area contributed by atoms with Gasteiger partial charge >= 0.3 is 0 Å². The van der Waals surface area contributed by atoms with Gasteiger partial charge in [-0.25, -0.2) is 13.4 Å². The van der Waals surface area contributed by atoms with Gasteiger partial charge in [-0.2, -0.15) is 0 Å². The lowest BCUT2D eigenvalue weighted by molar-refractivity contribution is 0.410. The van der Waals surface area contributed by atoms with Crippen LogP contribution in [0.5, 0.6) is 5.75 Å². The minimum Gasteiger partial charge on any atom is -0.496 e. The summed E-state index contributed by atoms with van der Waals surface area (Å²) < 4.78 is 32.4. The summed E-state index contributed by atoms with van der Waals surface area (Å²) in [6, 6.07) is 14.4. The maximum atomic E-state index is 12.2. The molecule has 0 saturated heterocycles. The number of anilines is 2. The number of hydrogen-bond acceptors (Lipinski definition) is 6. The van der Waals surface area contributed by atoms with Crippen LogP contribution in [0.2, 0.25) is 0 Å². The first kappa shape index (κ1) is 17.2. The number of para-hydroxylation sites is 1. The number of pyridine rings is 1. The van der Waals surface area contributed by atoms with Crippen LogP contribution in [0.15, 0.2) is 64.3 Å². The Kier molecular flexibility index (Phi) is 5.20. The average molecular weight is 375 g/mol. The summed E-state index contributed by atoms with van der Waals surface area (Å²) in [4.78, 5) is 4.24. The van der Waals surface area contributed by atoms with Gasteiger partial charge in [0.1, 0.15) is 15.8 Å². The van der Waals surface area contributed by atoms with E-state index in [0.29, 0.717) is 18.1 Å². The Morgan fingerprint density at radius 3 is 2.64 bits per heavy atom. The van der Waals surface area contributed by atoms with Crippen LogP contribution < -0.4 is 14.8 Å². The van der Waals surface area contributed by atoms with Crippen molar-refractivity contribution in [1.82, 2.24) is 4.98 Å². The summed E-state index contributed by atoms with van der Waals surface area (Å²) >= 11 is 1.17. The van der Waals surface area contributed by atoms with Crippen LogP contribution in [-0.2, 0) is 16.6 Å². The number of ether oxygens (including phenoxy) is 1. The first-order valence-corrected chi connectivity index (χ1v) is 9.83. The topological polar surface area (TPSA) is 80.3 Å². The molecule has 2 aromatic heterocycles. The van der Waals surface area contributed by atoms with Gasteiger partial charge in [-0.1, -0.05) is 24.3 Å². The summed E-state index contributed by atoms with van der Waals surface area (Å²) in [5.41, 5.74) is 1.42. The van der Waals surface area contributed by atoms with Crippen LogP contribution >= 0.6 is 11.3 Å². The van der Waals surface area contributed by atoms with Crippen LogP contribution in [-0.4, -0.2) is 20.5 Å². The first-order chi connectivity index (χ1) is 12.1. The highest BCUT2D eigenvalue weighted by Gasteiger charge is 2.15. The molecule has 8 heteroatoms. The Labute approximate surface area is 150 Å². The minimum atomic E-state index is -3.56. The molecule has 0 bridgehead atoms. The van der Waals surface area contributed by atoms with Gasteiger partial charge in [-0.15, -0.1) is 11.3 Å². The van der Waals surface area contributed by atoms with Gasteiger partial charge in [0.05, 0.1) is 19.0 Å². The summed E-state index contributed by atoms with van der Waals surface area (Å²) in [7, 11) is -1.93. The molecule has 3 rings (SSSR count). The molecule has 0 aliphatic rings. The number of hydrogen-bond donors (Lipinski definition) is 2. The fraction of sp³-hybridized carbons (Fsp3) is 0.118. The van der Waals surface area contributed by atoms with Crippen molar-refractivity contribution in [2.75, 3.05) is 17.1 Å². The molecule has 0 radical (unpaired) electrons. The molecule has 0 unspecified atom stereocenters. The first-order valence-electron chi connectivity index (χ1n) is 7.46. The van der Waals surface area contributed by atoms with Crippen molar-refractivity contribution < 1.29 is 13.2 Å². The largest absolute Gasteiger partial charge is 0.496 e. The van der Waals surface area contributed by atoms with E-state index in [1.165, 1.54) is 17.5 Å². The normalized spacial score (nSPS) is 11.1. The Bertz CT molecular complexity index is 924. The number of methoxy groups -OCH3 is 1. The number of nitrogens with zero attached hydrogens (tertiary/aromatic N) is 1. The quantitative estimate of drug-likeness (QED) is 0.660. The third-order valence-corrected chi connectivity index (χ3v) is 6.21. The average Bonchev–Trinajstić information content (AvgIpc) is 3.17. The summed E-state index contributed by atoms with van der Waals surface area (Å²) in [6.45, 7) is 0.553. The fourth-order valence-electron chi connectivity index (χ4n) is 2.22. The zero-order valence-corrected chi connectivity index (χ0v) is 15.1. The zero-order valence-electron chi connectivity index (χ0n) is 13.5. The number of benzene rings is 1. The van der Waals surface area contributed by atoms with E-state index in [2.05, 4.69) is 15.0 Å². The van der Waals surface area contributed by atoms with E-state index in [4.69, 9.17) is 4.74 Å². The molecule has 0 saturated carbocycles. The van der Waals surface area contributed by atoms with Gasteiger partial charge in [-0.3, -0.25) is 4.72 Å². The van der Waals surface area contributed by atoms with E-state index in [1.807, 2.05) is 24.3 Å². The van der Waals surface area contributed by atoms with Crippen molar-refractivity contribution in [2.45, 2.75) is 10.8 Å². The fourth-order valence-corrected chi connectivity index (χ4v) is 4.25. The van der Waals surface area contributed by atoms with Gasteiger partial charge in [0.25, 0.3) is 10.0 Å². The molecule has 1 aromatic carbocycles.